The first-order chi connectivity index (χ1) is 11.5. The summed E-state index contributed by atoms with van der Waals surface area (Å²) in [6, 6.07) is 15.5. The molecule has 0 unspecified atom stereocenters. The van der Waals surface area contributed by atoms with Gasteiger partial charge in [-0.15, -0.1) is 0 Å². The van der Waals surface area contributed by atoms with Crippen LogP contribution in [0.3, 0.4) is 0 Å². The van der Waals surface area contributed by atoms with E-state index in [1.54, 1.807) is 6.92 Å². The minimum Gasteiger partial charge on any atom is -0.453 e. The summed E-state index contributed by atoms with van der Waals surface area (Å²) >= 11 is 0. The number of aryl methyl sites for hydroxylation is 3. The average molecular weight is 325 g/mol. The molecule has 0 aliphatic rings. The molecule has 0 spiro atoms. The van der Waals surface area contributed by atoms with Crippen molar-refractivity contribution in [3.05, 3.63) is 65.2 Å². The van der Waals surface area contributed by atoms with Crippen LogP contribution in [0.1, 0.15) is 30.0 Å². The largest absolute Gasteiger partial charge is 0.453 e. The average Bonchev–Trinajstić information content (AvgIpc) is 2.56. The van der Waals surface area contributed by atoms with Crippen LogP contribution >= 0.6 is 0 Å². The van der Waals surface area contributed by atoms with E-state index in [1.807, 2.05) is 62.4 Å². The lowest BCUT2D eigenvalue weighted by atomic mass is 10.1. The number of hydrogen-bond donors (Lipinski definition) is 1. The van der Waals surface area contributed by atoms with Gasteiger partial charge in [0.15, 0.2) is 6.10 Å². The minimum absolute atomic E-state index is 0.255. The number of nitrogens with one attached hydrogen (secondary N) is 1. The summed E-state index contributed by atoms with van der Waals surface area (Å²) in [7, 11) is 0. The fourth-order valence-electron chi connectivity index (χ4n) is 2.39. The molecule has 0 aromatic heterocycles. The summed E-state index contributed by atoms with van der Waals surface area (Å²) in [5.74, 6) is -0.697. The van der Waals surface area contributed by atoms with E-state index in [1.165, 1.54) is 0 Å². The van der Waals surface area contributed by atoms with E-state index in [2.05, 4.69) is 5.32 Å². The molecule has 0 saturated carbocycles. The van der Waals surface area contributed by atoms with Gasteiger partial charge < -0.3 is 10.1 Å². The summed E-state index contributed by atoms with van der Waals surface area (Å²) in [5.41, 5.74) is 3.91. The SMILES string of the molecule is Cc1ccc(NC(=O)[C@@H](C)OC(=O)CCc2ccccc2)c(C)c1. The van der Waals surface area contributed by atoms with Gasteiger partial charge in [0.1, 0.15) is 0 Å². The molecule has 0 aliphatic heterocycles. The number of hydrogen-bond acceptors (Lipinski definition) is 3. The molecule has 0 saturated heterocycles. The smallest absolute Gasteiger partial charge is 0.306 e. The van der Waals surface area contributed by atoms with Crippen LogP contribution < -0.4 is 5.32 Å². The van der Waals surface area contributed by atoms with Crippen LogP contribution in [0.5, 0.6) is 0 Å². The van der Waals surface area contributed by atoms with Gasteiger partial charge >= 0.3 is 5.97 Å². The van der Waals surface area contributed by atoms with Crippen LogP contribution in [0.2, 0.25) is 0 Å². The van der Waals surface area contributed by atoms with Crippen LogP contribution in [0.15, 0.2) is 48.5 Å². The summed E-state index contributed by atoms with van der Waals surface area (Å²) in [4.78, 5) is 24.1. The molecule has 0 fully saturated rings. The van der Waals surface area contributed by atoms with Gasteiger partial charge in [0.2, 0.25) is 0 Å². The quantitative estimate of drug-likeness (QED) is 0.822. The second kappa shape index (κ2) is 8.29. The second-order valence-corrected chi connectivity index (χ2v) is 5.93. The molecule has 0 aliphatic carbocycles. The highest BCUT2D eigenvalue weighted by Crippen LogP contribution is 2.16. The molecule has 2 rings (SSSR count). The van der Waals surface area contributed by atoms with Gasteiger partial charge in [0.05, 0.1) is 0 Å². The van der Waals surface area contributed by atoms with Crippen molar-refractivity contribution in [2.24, 2.45) is 0 Å². The molecular weight excluding hydrogens is 302 g/mol. The summed E-state index contributed by atoms with van der Waals surface area (Å²) in [6.07, 6.45) is 0.0324. The van der Waals surface area contributed by atoms with E-state index in [4.69, 9.17) is 4.74 Å². The highest BCUT2D eigenvalue weighted by Gasteiger charge is 2.18. The first-order valence-electron chi connectivity index (χ1n) is 8.07. The molecule has 2 aromatic carbocycles. The first-order valence-corrected chi connectivity index (χ1v) is 8.07. The number of carbonyl (C=O) groups is 2. The molecule has 4 heteroatoms. The molecule has 1 amide bonds. The van der Waals surface area contributed by atoms with E-state index in [0.717, 1.165) is 22.4 Å². The Morgan fingerprint density at radius 3 is 2.46 bits per heavy atom. The number of rotatable bonds is 6. The van der Waals surface area contributed by atoms with Crippen molar-refractivity contribution in [2.75, 3.05) is 5.32 Å². The van der Waals surface area contributed by atoms with Gasteiger partial charge in [-0.1, -0.05) is 48.0 Å². The fraction of sp³-hybridized carbons (Fsp3) is 0.300. The van der Waals surface area contributed by atoms with Crippen molar-refractivity contribution in [3.8, 4) is 0 Å². The number of carbonyl (C=O) groups excluding carboxylic acids is 2. The van der Waals surface area contributed by atoms with E-state index in [0.29, 0.717) is 6.42 Å². The zero-order valence-corrected chi connectivity index (χ0v) is 14.3. The van der Waals surface area contributed by atoms with Crippen LogP contribution in [-0.2, 0) is 20.7 Å². The van der Waals surface area contributed by atoms with Gasteiger partial charge in [-0.3, -0.25) is 9.59 Å². The zero-order chi connectivity index (χ0) is 17.5. The van der Waals surface area contributed by atoms with Crippen molar-refractivity contribution in [3.63, 3.8) is 0 Å². The Balaban J connectivity index is 1.83. The molecule has 2 aromatic rings. The minimum atomic E-state index is -0.825. The normalized spacial score (nSPS) is 11.6. The summed E-state index contributed by atoms with van der Waals surface area (Å²) in [6.45, 7) is 5.51. The van der Waals surface area contributed by atoms with E-state index < -0.39 is 6.10 Å². The Labute approximate surface area is 142 Å². The van der Waals surface area contributed by atoms with Crippen LogP contribution in [0.4, 0.5) is 5.69 Å². The van der Waals surface area contributed by atoms with Gasteiger partial charge in [-0.05, 0) is 44.4 Å². The molecule has 126 valence electrons. The van der Waals surface area contributed by atoms with Crippen molar-refractivity contribution in [1.29, 1.82) is 0 Å². The topological polar surface area (TPSA) is 55.4 Å². The van der Waals surface area contributed by atoms with Crippen molar-refractivity contribution < 1.29 is 14.3 Å². The van der Waals surface area contributed by atoms with Crippen molar-refractivity contribution in [2.45, 2.75) is 39.7 Å². The first kappa shape index (κ1) is 17.7. The third kappa shape index (κ3) is 5.23. The zero-order valence-electron chi connectivity index (χ0n) is 14.3. The lowest BCUT2D eigenvalue weighted by molar-refractivity contribution is -0.153. The maximum atomic E-state index is 12.2. The Morgan fingerprint density at radius 2 is 1.79 bits per heavy atom. The van der Waals surface area contributed by atoms with Crippen molar-refractivity contribution >= 4 is 17.6 Å². The Hall–Kier alpha value is -2.62. The maximum absolute atomic E-state index is 12.2. The lowest BCUT2D eigenvalue weighted by Crippen LogP contribution is -2.30. The van der Waals surface area contributed by atoms with Crippen molar-refractivity contribution in [1.82, 2.24) is 0 Å². The number of ether oxygens (including phenoxy) is 1. The molecular formula is C20H23NO3. The Kier molecular flexibility index (Phi) is 6.13. The molecule has 4 nitrogen and oxygen atoms in total. The van der Waals surface area contributed by atoms with Crippen LogP contribution in [0.25, 0.3) is 0 Å². The molecule has 0 bridgehead atoms. The van der Waals surface area contributed by atoms with E-state index >= 15 is 0 Å². The summed E-state index contributed by atoms with van der Waals surface area (Å²) < 4.78 is 5.22. The number of anilines is 1. The van der Waals surface area contributed by atoms with Crippen LogP contribution in [-0.4, -0.2) is 18.0 Å². The van der Waals surface area contributed by atoms with E-state index in [-0.39, 0.29) is 18.3 Å². The predicted octanol–water partition coefficient (Wildman–Crippen LogP) is 3.81. The monoisotopic (exact) mass is 325 g/mol. The standard InChI is InChI=1S/C20H23NO3/c1-14-9-11-18(15(2)13-14)21-20(23)16(3)24-19(22)12-10-17-7-5-4-6-8-17/h4-9,11,13,16H,10,12H2,1-3H3,(H,21,23)/t16-/m1/s1. The molecule has 1 atom stereocenters. The van der Waals surface area contributed by atoms with Gasteiger partial charge in [-0.25, -0.2) is 0 Å². The second-order valence-electron chi connectivity index (χ2n) is 5.93. The van der Waals surface area contributed by atoms with Crippen LogP contribution in [0, 0.1) is 13.8 Å². The number of benzene rings is 2. The molecule has 1 N–H and O–H groups in total. The Morgan fingerprint density at radius 1 is 1.08 bits per heavy atom. The highest BCUT2D eigenvalue weighted by molar-refractivity contribution is 5.95. The lowest BCUT2D eigenvalue weighted by Gasteiger charge is -2.15. The fourth-order valence-corrected chi connectivity index (χ4v) is 2.39. The maximum Gasteiger partial charge on any atom is 0.306 e. The highest BCUT2D eigenvalue weighted by atomic mass is 16.5. The van der Waals surface area contributed by atoms with Gasteiger partial charge in [-0.2, -0.15) is 0 Å². The summed E-state index contributed by atoms with van der Waals surface area (Å²) in [5, 5.41) is 2.80. The van der Waals surface area contributed by atoms with Gasteiger partial charge in [0, 0.05) is 12.1 Å². The van der Waals surface area contributed by atoms with E-state index in [9.17, 15) is 9.59 Å². The molecule has 0 radical (unpaired) electrons. The van der Waals surface area contributed by atoms with Gasteiger partial charge in [0.25, 0.3) is 5.91 Å². The number of amides is 1. The number of esters is 1. The Bertz CT molecular complexity index is 710. The third-order valence-electron chi connectivity index (χ3n) is 3.78. The predicted molar refractivity (Wildman–Crippen MR) is 94.9 cm³/mol. The molecule has 24 heavy (non-hydrogen) atoms. The molecule has 0 heterocycles. The third-order valence-corrected chi connectivity index (χ3v) is 3.78.